The number of nitrogens with one attached hydrogen (secondary N) is 2. The Morgan fingerprint density at radius 2 is 1.92 bits per heavy atom. The molecule has 130 valence electrons. The molecular formula is C20H23N3O2. The van der Waals surface area contributed by atoms with Gasteiger partial charge in [-0.05, 0) is 48.2 Å². The minimum absolute atomic E-state index is 0.0240. The zero-order valence-electron chi connectivity index (χ0n) is 14.6. The average molecular weight is 337 g/mol. The number of nitrogens with zero attached hydrogens (tertiary/aromatic N) is 1. The van der Waals surface area contributed by atoms with Crippen LogP contribution in [0.5, 0.6) is 0 Å². The van der Waals surface area contributed by atoms with Gasteiger partial charge in [0, 0.05) is 44.0 Å². The molecule has 1 heterocycles. The molecule has 0 atom stereocenters. The number of amides is 2. The first-order valence-electron chi connectivity index (χ1n) is 8.52. The number of rotatable bonds is 4. The molecule has 0 saturated heterocycles. The molecule has 2 N–H and O–H groups in total. The molecule has 5 heteroatoms. The summed E-state index contributed by atoms with van der Waals surface area (Å²) in [5.74, 6) is -0.0877. The third-order valence-electron chi connectivity index (χ3n) is 4.54. The zero-order valence-corrected chi connectivity index (χ0v) is 14.6. The standard InChI is InChI=1S/C20H23N3O2/c1-21-19(24)15-10-8-14(9-11-15)13-23(2)20(25)17-5-3-7-18-16(17)6-4-12-22-18/h3,5,7-11,22H,4,6,12-13H2,1-2H3,(H,21,24). The van der Waals surface area contributed by atoms with Gasteiger partial charge in [-0.1, -0.05) is 18.2 Å². The fourth-order valence-electron chi connectivity index (χ4n) is 3.17. The Morgan fingerprint density at radius 3 is 2.64 bits per heavy atom. The minimum Gasteiger partial charge on any atom is -0.385 e. The topological polar surface area (TPSA) is 61.4 Å². The molecule has 0 saturated carbocycles. The van der Waals surface area contributed by atoms with Crippen LogP contribution in [0.1, 0.15) is 38.3 Å². The van der Waals surface area contributed by atoms with Gasteiger partial charge in [-0.15, -0.1) is 0 Å². The summed E-state index contributed by atoms with van der Waals surface area (Å²) in [5.41, 5.74) is 4.56. The first kappa shape index (κ1) is 17.0. The summed E-state index contributed by atoms with van der Waals surface area (Å²) in [6.45, 7) is 1.46. The van der Waals surface area contributed by atoms with Gasteiger partial charge in [-0.3, -0.25) is 9.59 Å². The lowest BCUT2D eigenvalue weighted by Gasteiger charge is -2.23. The lowest BCUT2D eigenvalue weighted by Crippen LogP contribution is -2.28. The van der Waals surface area contributed by atoms with Crippen molar-refractivity contribution in [3.8, 4) is 0 Å². The molecule has 0 spiro atoms. The summed E-state index contributed by atoms with van der Waals surface area (Å²) in [5, 5.41) is 5.96. The summed E-state index contributed by atoms with van der Waals surface area (Å²) >= 11 is 0. The first-order chi connectivity index (χ1) is 12.1. The van der Waals surface area contributed by atoms with Gasteiger partial charge in [0.2, 0.25) is 0 Å². The van der Waals surface area contributed by atoms with Crippen LogP contribution < -0.4 is 10.6 Å². The third kappa shape index (κ3) is 3.65. The van der Waals surface area contributed by atoms with Gasteiger partial charge >= 0.3 is 0 Å². The van der Waals surface area contributed by atoms with Gasteiger partial charge in [0.1, 0.15) is 0 Å². The van der Waals surface area contributed by atoms with Crippen molar-refractivity contribution >= 4 is 17.5 Å². The predicted molar refractivity (Wildman–Crippen MR) is 98.9 cm³/mol. The Kier molecular flexibility index (Phi) is 5.03. The number of carbonyl (C=O) groups is 2. The van der Waals surface area contributed by atoms with Gasteiger partial charge < -0.3 is 15.5 Å². The molecule has 0 aromatic heterocycles. The molecule has 2 amide bonds. The van der Waals surface area contributed by atoms with E-state index in [1.807, 2.05) is 37.4 Å². The number of hydrogen-bond acceptors (Lipinski definition) is 3. The summed E-state index contributed by atoms with van der Waals surface area (Å²) in [6, 6.07) is 13.2. The van der Waals surface area contributed by atoms with E-state index in [1.54, 1.807) is 24.1 Å². The molecule has 3 rings (SSSR count). The van der Waals surface area contributed by atoms with Crippen molar-refractivity contribution in [1.29, 1.82) is 0 Å². The number of anilines is 1. The van der Waals surface area contributed by atoms with E-state index in [2.05, 4.69) is 10.6 Å². The number of fused-ring (bicyclic) bond motifs is 1. The van der Waals surface area contributed by atoms with E-state index in [0.717, 1.165) is 41.8 Å². The summed E-state index contributed by atoms with van der Waals surface area (Å²) in [6.07, 6.45) is 1.97. The van der Waals surface area contributed by atoms with Crippen LogP contribution in [0.25, 0.3) is 0 Å². The fourth-order valence-corrected chi connectivity index (χ4v) is 3.17. The second kappa shape index (κ2) is 7.38. The maximum atomic E-state index is 12.9. The summed E-state index contributed by atoms with van der Waals surface area (Å²) < 4.78 is 0. The van der Waals surface area contributed by atoms with Crippen molar-refractivity contribution in [2.45, 2.75) is 19.4 Å². The van der Waals surface area contributed by atoms with Crippen LogP contribution in [0.4, 0.5) is 5.69 Å². The lowest BCUT2D eigenvalue weighted by molar-refractivity contribution is 0.0783. The van der Waals surface area contributed by atoms with Crippen molar-refractivity contribution in [3.05, 3.63) is 64.7 Å². The van der Waals surface area contributed by atoms with E-state index in [9.17, 15) is 9.59 Å². The van der Waals surface area contributed by atoms with Gasteiger partial charge in [0.05, 0.1) is 0 Å². The minimum atomic E-state index is -0.112. The van der Waals surface area contributed by atoms with Crippen LogP contribution in [-0.4, -0.2) is 37.4 Å². The van der Waals surface area contributed by atoms with Crippen LogP contribution in [0, 0.1) is 0 Å². The second-order valence-corrected chi connectivity index (χ2v) is 6.30. The summed E-state index contributed by atoms with van der Waals surface area (Å²) in [7, 11) is 3.42. The molecular weight excluding hydrogens is 314 g/mol. The van der Waals surface area contributed by atoms with E-state index in [0.29, 0.717) is 12.1 Å². The fraction of sp³-hybridized carbons (Fsp3) is 0.300. The van der Waals surface area contributed by atoms with Crippen molar-refractivity contribution < 1.29 is 9.59 Å². The maximum Gasteiger partial charge on any atom is 0.254 e. The largest absolute Gasteiger partial charge is 0.385 e. The van der Waals surface area contributed by atoms with Crippen molar-refractivity contribution in [3.63, 3.8) is 0 Å². The molecule has 0 radical (unpaired) electrons. The lowest BCUT2D eigenvalue weighted by atomic mass is 9.97. The van der Waals surface area contributed by atoms with E-state index < -0.39 is 0 Å². The molecule has 1 aliphatic rings. The van der Waals surface area contributed by atoms with E-state index >= 15 is 0 Å². The Balaban J connectivity index is 1.74. The average Bonchev–Trinajstić information content (AvgIpc) is 2.67. The number of hydrogen-bond donors (Lipinski definition) is 2. The Hall–Kier alpha value is -2.82. The third-order valence-corrected chi connectivity index (χ3v) is 4.54. The van der Waals surface area contributed by atoms with Crippen LogP contribution in [0.2, 0.25) is 0 Å². The highest BCUT2D eigenvalue weighted by Crippen LogP contribution is 2.26. The van der Waals surface area contributed by atoms with Crippen LogP contribution in [0.3, 0.4) is 0 Å². The zero-order chi connectivity index (χ0) is 17.8. The molecule has 0 fully saturated rings. The molecule has 0 unspecified atom stereocenters. The molecule has 25 heavy (non-hydrogen) atoms. The molecule has 2 aromatic carbocycles. The molecule has 1 aliphatic heterocycles. The summed E-state index contributed by atoms with van der Waals surface area (Å²) in [4.78, 5) is 26.2. The van der Waals surface area contributed by atoms with Gasteiger partial charge in [-0.25, -0.2) is 0 Å². The van der Waals surface area contributed by atoms with Gasteiger partial charge in [0.25, 0.3) is 11.8 Å². The van der Waals surface area contributed by atoms with Crippen LogP contribution >= 0.6 is 0 Å². The first-order valence-corrected chi connectivity index (χ1v) is 8.52. The Morgan fingerprint density at radius 1 is 1.16 bits per heavy atom. The number of carbonyl (C=O) groups excluding carboxylic acids is 2. The van der Waals surface area contributed by atoms with E-state index in [-0.39, 0.29) is 11.8 Å². The van der Waals surface area contributed by atoms with Crippen LogP contribution in [-0.2, 0) is 13.0 Å². The predicted octanol–water partition coefficient (Wildman–Crippen LogP) is 2.68. The molecule has 0 aliphatic carbocycles. The molecule has 2 aromatic rings. The van der Waals surface area contributed by atoms with E-state index in [4.69, 9.17) is 0 Å². The Bertz CT molecular complexity index is 784. The highest BCUT2D eigenvalue weighted by atomic mass is 16.2. The Labute approximate surface area is 148 Å². The van der Waals surface area contributed by atoms with Gasteiger partial charge in [0.15, 0.2) is 0 Å². The highest BCUT2D eigenvalue weighted by molar-refractivity contribution is 5.97. The van der Waals surface area contributed by atoms with Crippen molar-refractivity contribution in [2.75, 3.05) is 26.0 Å². The number of benzene rings is 2. The van der Waals surface area contributed by atoms with Crippen LogP contribution in [0.15, 0.2) is 42.5 Å². The van der Waals surface area contributed by atoms with E-state index in [1.165, 1.54) is 0 Å². The molecule has 0 bridgehead atoms. The second-order valence-electron chi connectivity index (χ2n) is 6.30. The van der Waals surface area contributed by atoms with Crippen molar-refractivity contribution in [1.82, 2.24) is 10.2 Å². The highest BCUT2D eigenvalue weighted by Gasteiger charge is 2.20. The van der Waals surface area contributed by atoms with Gasteiger partial charge in [-0.2, -0.15) is 0 Å². The quantitative estimate of drug-likeness (QED) is 0.902. The van der Waals surface area contributed by atoms with Crippen molar-refractivity contribution in [2.24, 2.45) is 0 Å². The molecule has 5 nitrogen and oxygen atoms in total. The maximum absolute atomic E-state index is 12.9. The normalized spacial score (nSPS) is 12.7. The SMILES string of the molecule is CNC(=O)c1ccc(CN(C)C(=O)c2cccc3c2CCCN3)cc1. The smallest absolute Gasteiger partial charge is 0.254 e. The monoisotopic (exact) mass is 337 g/mol.